The van der Waals surface area contributed by atoms with E-state index in [0.29, 0.717) is 30.1 Å². The summed E-state index contributed by atoms with van der Waals surface area (Å²) in [5.41, 5.74) is 1.04. The summed E-state index contributed by atoms with van der Waals surface area (Å²) in [6.45, 7) is 4.88. The molecule has 0 atom stereocenters. The molecule has 5 heteroatoms. The molecule has 0 amide bonds. The summed E-state index contributed by atoms with van der Waals surface area (Å²) in [5.74, 6) is -1.16. The Morgan fingerprint density at radius 1 is 1.11 bits per heavy atom. The van der Waals surface area contributed by atoms with Crippen LogP contribution >= 0.6 is 0 Å². The van der Waals surface area contributed by atoms with Crippen LogP contribution in [-0.4, -0.2) is 29.7 Å². The van der Waals surface area contributed by atoms with Gasteiger partial charge in [-0.15, -0.1) is 0 Å². The third-order valence-electron chi connectivity index (χ3n) is 2.67. The third kappa shape index (κ3) is 4.49. The minimum Gasteiger partial charge on any atom is -0.380 e. The molecule has 3 nitrogen and oxygen atoms in total. The van der Waals surface area contributed by atoms with E-state index in [-0.39, 0.29) is 5.82 Å². The maximum absolute atomic E-state index is 12.8. The van der Waals surface area contributed by atoms with Crippen molar-refractivity contribution in [1.82, 2.24) is 0 Å². The first-order chi connectivity index (χ1) is 8.65. The van der Waals surface area contributed by atoms with E-state index in [0.717, 1.165) is 12.0 Å². The molecule has 1 rings (SSSR count). The van der Waals surface area contributed by atoms with Crippen LogP contribution in [0.5, 0.6) is 0 Å². The highest BCUT2D eigenvalue weighted by Crippen LogP contribution is 2.21. The number of halogens is 1. The highest BCUT2D eigenvalue weighted by atomic mass is 28.2. The monoisotopic (exact) mass is 272 g/mol. The van der Waals surface area contributed by atoms with E-state index in [1.165, 1.54) is 12.1 Å². The molecule has 0 N–H and O–H groups in total. The predicted molar refractivity (Wildman–Crippen MR) is 71.7 cm³/mol. The smallest absolute Gasteiger partial charge is 0.272 e. The second kappa shape index (κ2) is 7.63. The van der Waals surface area contributed by atoms with Crippen molar-refractivity contribution in [2.24, 2.45) is 0 Å². The first-order valence-corrected chi connectivity index (χ1v) is 7.05. The Labute approximate surface area is 111 Å². The summed E-state index contributed by atoms with van der Waals surface area (Å²) in [6.07, 6.45) is 1.33. The van der Waals surface area contributed by atoms with E-state index in [2.05, 4.69) is 0 Å². The van der Waals surface area contributed by atoms with Crippen molar-refractivity contribution < 1.29 is 18.3 Å². The normalized spacial score (nSPS) is 11.9. The quantitative estimate of drug-likeness (QED) is 0.533. The van der Waals surface area contributed by atoms with Gasteiger partial charge in [0.2, 0.25) is 0 Å². The Hall–Kier alpha value is -0.753. The van der Waals surface area contributed by atoms with E-state index < -0.39 is 5.97 Å². The van der Waals surface area contributed by atoms with Gasteiger partial charge in [0.15, 0.2) is 10.5 Å². The lowest BCUT2D eigenvalue weighted by molar-refractivity contribution is -0.343. The molecular formula is C13H21FO3Si. The summed E-state index contributed by atoms with van der Waals surface area (Å²) < 4.78 is 29.4. The van der Waals surface area contributed by atoms with Crippen LogP contribution in [0.4, 0.5) is 4.39 Å². The molecule has 0 aromatic heterocycles. The third-order valence-corrected chi connectivity index (χ3v) is 3.29. The lowest BCUT2D eigenvalue weighted by Gasteiger charge is -2.31. The number of aryl methyl sites for hydroxylation is 1. The average molecular weight is 272 g/mol. The maximum atomic E-state index is 12.8. The Kier molecular flexibility index (Phi) is 6.49. The molecule has 0 aliphatic rings. The minimum atomic E-state index is -0.940. The van der Waals surface area contributed by atoms with Gasteiger partial charge in [0, 0.05) is 19.6 Å². The van der Waals surface area contributed by atoms with Crippen LogP contribution in [0.25, 0.3) is 0 Å². The standard InChI is InChI=1S/C13H21FO3Si/c1-3-15-13(17-18,16-4-2)10-9-11-5-7-12(14)8-6-11/h5-8H,3-4,9-10H2,1-2,18H3. The van der Waals surface area contributed by atoms with E-state index in [4.69, 9.17) is 13.9 Å². The molecule has 0 aliphatic carbocycles. The molecule has 102 valence electrons. The molecule has 0 spiro atoms. The van der Waals surface area contributed by atoms with E-state index in [1.54, 1.807) is 12.1 Å². The van der Waals surface area contributed by atoms with Gasteiger partial charge in [0.25, 0.3) is 5.97 Å². The summed E-state index contributed by atoms with van der Waals surface area (Å²) in [6, 6.07) is 6.45. The van der Waals surface area contributed by atoms with Crippen molar-refractivity contribution >= 4 is 10.5 Å². The van der Waals surface area contributed by atoms with Gasteiger partial charge in [0.1, 0.15) is 5.82 Å². The van der Waals surface area contributed by atoms with Crippen molar-refractivity contribution in [3.63, 3.8) is 0 Å². The zero-order chi connectivity index (χ0) is 13.4. The number of hydrogen-bond acceptors (Lipinski definition) is 3. The highest BCUT2D eigenvalue weighted by Gasteiger charge is 2.30. The molecule has 0 radical (unpaired) electrons. The summed E-state index contributed by atoms with van der Waals surface area (Å²) in [7, 11) is 0.540. The van der Waals surface area contributed by atoms with E-state index in [9.17, 15) is 4.39 Å². The molecule has 18 heavy (non-hydrogen) atoms. The van der Waals surface area contributed by atoms with Gasteiger partial charge in [-0.25, -0.2) is 4.39 Å². The van der Waals surface area contributed by atoms with Crippen molar-refractivity contribution in [2.45, 2.75) is 32.7 Å². The van der Waals surface area contributed by atoms with E-state index in [1.807, 2.05) is 13.8 Å². The molecule has 0 bridgehead atoms. The highest BCUT2D eigenvalue weighted by molar-refractivity contribution is 5.98. The Morgan fingerprint density at radius 2 is 1.67 bits per heavy atom. The maximum Gasteiger partial charge on any atom is 0.272 e. The van der Waals surface area contributed by atoms with Gasteiger partial charge in [-0.2, -0.15) is 0 Å². The molecular weight excluding hydrogens is 251 g/mol. The van der Waals surface area contributed by atoms with Crippen LogP contribution in [0.15, 0.2) is 24.3 Å². The molecule has 0 aliphatic heterocycles. The first kappa shape index (κ1) is 15.3. The number of ether oxygens (including phenoxy) is 2. The molecule has 0 heterocycles. The van der Waals surface area contributed by atoms with Crippen molar-refractivity contribution in [2.75, 3.05) is 13.2 Å². The Morgan fingerprint density at radius 3 is 2.11 bits per heavy atom. The largest absolute Gasteiger partial charge is 0.380 e. The van der Waals surface area contributed by atoms with Gasteiger partial charge in [-0.05, 0) is 38.0 Å². The average Bonchev–Trinajstić information content (AvgIpc) is 2.38. The van der Waals surface area contributed by atoms with Gasteiger partial charge in [-0.1, -0.05) is 12.1 Å². The number of hydrogen-bond donors (Lipinski definition) is 0. The fraction of sp³-hybridized carbons (Fsp3) is 0.538. The van der Waals surface area contributed by atoms with Gasteiger partial charge >= 0.3 is 0 Å². The minimum absolute atomic E-state index is 0.223. The zero-order valence-electron chi connectivity index (χ0n) is 11.2. The molecule has 1 aromatic carbocycles. The molecule has 0 saturated heterocycles. The van der Waals surface area contributed by atoms with Crippen molar-refractivity contribution in [1.29, 1.82) is 0 Å². The summed E-state index contributed by atoms with van der Waals surface area (Å²) in [4.78, 5) is 0. The second-order valence-corrected chi connectivity index (χ2v) is 4.29. The fourth-order valence-corrected chi connectivity index (χ4v) is 2.23. The Bertz CT molecular complexity index is 337. The van der Waals surface area contributed by atoms with Crippen LogP contribution < -0.4 is 0 Å². The van der Waals surface area contributed by atoms with Crippen LogP contribution in [0.2, 0.25) is 0 Å². The van der Waals surface area contributed by atoms with Crippen molar-refractivity contribution in [3.8, 4) is 0 Å². The first-order valence-electron chi connectivity index (χ1n) is 6.23. The van der Waals surface area contributed by atoms with E-state index >= 15 is 0 Å². The second-order valence-electron chi connectivity index (χ2n) is 3.88. The fourth-order valence-electron chi connectivity index (χ4n) is 1.79. The van der Waals surface area contributed by atoms with Crippen LogP contribution in [0, 0.1) is 5.82 Å². The SMILES string of the molecule is CCOC(CCc1ccc(F)cc1)(O[SiH3])OCC. The number of benzene rings is 1. The zero-order valence-corrected chi connectivity index (χ0v) is 13.2. The summed E-state index contributed by atoms with van der Waals surface area (Å²) in [5, 5.41) is 0. The van der Waals surface area contributed by atoms with Crippen molar-refractivity contribution in [3.05, 3.63) is 35.6 Å². The predicted octanol–water partition coefficient (Wildman–Crippen LogP) is 1.78. The molecule has 0 fully saturated rings. The van der Waals surface area contributed by atoms with Gasteiger partial charge < -0.3 is 13.9 Å². The lowest BCUT2D eigenvalue weighted by Crippen LogP contribution is -2.39. The Balaban J connectivity index is 2.63. The van der Waals surface area contributed by atoms with Crippen LogP contribution in [-0.2, 0) is 20.3 Å². The topological polar surface area (TPSA) is 27.7 Å². The molecule has 0 saturated carbocycles. The molecule has 1 aromatic rings. The lowest BCUT2D eigenvalue weighted by atomic mass is 10.1. The van der Waals surface area contributed by atoms with Crippen LogP contribution in [0.1, 0.15) is 25.8 Å². The summed E-state index contributed by atoms with van der Waals surface area (Å²) >= 11 is 0. The number of rotatable bonds is 8. The van der Waals surface area contributed by atoms with Gasteiger partial charge in [0.05, 0.1) is 0 Å². The van der Waals surface area contributed by atoms with Crippen LogP contribution in [0.3, 0.4) is 0 Å². The molecule has 0 unspecified atom stereocenters. The van der Waals surface area contributed by atoms with Gasteiger partial charge in [-0.3, -0.25) is 0 Å².